The maximum absolute atomic E-state index is 5.69. The first-order chi connectivity index (χ1) is 11.9. The minimum atomic E-state index is 0.218. The summed E-state index contributed by atoms with van der Waals surface area (Å²) in [5.74, 6) is 1.65. The van der Waals surface area contributed by atoms with Crippen LogP contribution in [0.5, 0.6) is 5.75 Å². The van der Waals surface area contributed by atoms with Crippen LogP contribution in [0.2, 0.25) is 0 Å². The van der Waals surface area contributed by atoms with E-state index < -0.39 is 0 Å². The van der Waals surface area contributed by atoms with Crippen molar-refractivity contribution in [2.45, 2.75) is 6.61 Å². The lowest BCUT2D eigenvalue weighted by Crippen LogP contribution is -1.95. The van der Waals surface area contributed by atoms with E-state index >= 15 is 0 Å². The molecule has 0 radical (unpaired) electrons. The Balaban J connectivity index is 1.41. The van der Waals surface area contributed by atoms with E-state index in [-0.39, 0.29) is 6.61 Å². The van der Waals surface area contributed by atoms with Crippen molar-refractivity contribution in [2.75, 3.05) is 0 Å². The zero-order chi connectivity index (χ0) is 16.2. The molecule has 2 aromatic heterocycles. The Labute approximate surface area is 138 Å². The van der Waals surface area contributed by atoms with E-state index in [1.807, 2.05) is 42.5 Å². The van der Waals surface area contributed by atoms with E-state index in [2.05, 4.69) is 22.3 Å². The zero-order valence-electron chi connectivity index (χ0n) is 12.8. The van der Waals surface area contributed by atoms with Gasteiger partial charge in [-0.2, -0.15) is 4.98 Å². The summed E-state index contributed by atoms with van der Waals surface area (Å²) in [5.41, 5.74) is 3.09. The third-order valence-electron chi connectivity index (χ3n) is 3.57. The summed E-state index contributed by atoms with van der Waals surface area (Å²) in [6, 6.07) is 19.9. The molecule has 24 heavy (non-hydrogen) atoms. The summed E-state index contributed by atoms with van der Waals surface area (Å²) in [6.45, 7) is 0.218. The Morgan fingerprint density at radius 1 is 0.833 bits per heavy atom. The molecule has 0 fully saturated rings. The van der Waals surface area contributed by atoms with Gasteiger partial charge < -0.3 is 13.7 Å². The lowest BCUT2D eigenvalue weighted by molar-refractivity contribution is 0.243. The van der Waals surface area contributed by atoms with Gasteiger partial charge in [0.05, 0.1) is 11.8 Å². The van der Waals surface area contributed by atoms with Gasteiger partial charge >= 0.3 is 0 Å². The topological polar surface area (TPSA) is 61.3 Å². The molecule has 0 unspecified atom stereocenters. The van der Waals surface area contributed by atoms with Gasteiger partial charge in [-0.05, 0) is 29.3 Å². The first-order valence-electron chi connectivity index (χ1n) is 7.52. The summed E-state index contributed by atoms with van der Waals surface area (Å²) >= 11 is 0. The molecule has 5 heteroatoms. The number of hydrogen-bond acceptors (Lipinski definition) is 5. The second kappa shape index (κ2) is 6.42. The molecule has 0 saturated carbocycles. The Morgan fingerprint density at radius 2 is 1.62 bits per heavy atom. The minimum absolute atomic E-state index is 0.218. The fourth-order valence-electron chi connectivity index (χ4n) is 2.34. The maximum Gasteiger partial charge on any atom is 0.264 e. The Bertz CT molecular complexity index is 897. The number of hydrogen-bond donors (Lipinski definition) is 0. The van der Waals surface area contributed by atoms with E-state index in [0.29, 0.717) is 11.7 Å². The highest BCUT2D eigenvalue weighted by Crippen LogP contribution is 2.23. The molecule has 0 saturated heterocycles. The van der Waals surface area contributed by atoms with Crippen LogP contribution in [0, 0.1) is 0 Å². The molecule has 0 atom stereocenters. The Kier molecular flexibility index (Phi) is 3.81. The normalized spacial score (nSPS) is 10.7. The van der Waals surface area contributed by atoms with Gasteiger partial charge in [-0.1, -0.05) is 47.6 Å². The van der Waals surface area contributed by atoms with E-state index in [0.717, 1.165) is 16.9 Å². The smallest absolute Gasteiger partial charge is 0.264 e. The first kappa shape index (κ1) is 14.3. The fourth-order valence-corrected chi connectivity index (χ4v) is 2.34. The average Bonchev–Trinajstić information content (AvgIpc) is 3.33. The number of benzene rings is 2. The van der Waals surface area contributed by atoms with Crippen LogP contribution >= 0.6 is 0 Å². The van der Waals surface area contributed by atoms with Gasteiger partial charge in [-0.25, -0.2) is 0 Å². The molecule has 118 valence electrons. The Hall–Kier alpha value is -3.34. The second-order valence-electron chi connectivity index (χ2n) is 5.20. The molecule has 4 aromatic rings. The number of furan rings is 1. The van der Waals surface area contributed by atoms with Gasteiger partial charge in [0, 0.05) is 0 Å². The van der Waals surface area contributed by atoms with Gasteiger partial charge in [0.2, 0.25) is 5.82 Å². The van der Waals surface area contributed by atoms with E-state index in [9.17, 15) is 0 Å². The lowest BCUT2D eigenvalue weighted by atomic mass is 10.1. The van der Waals surface area contributed by atoms with Crippen molar-refractivity contribution >= 4 is 0 Å². The van der Waals surface area contributed by atoms with Crippen molar-refractivity contribution in [3.05, 3.63) is 79.1 Å². The average molecular weight is 318 g/mol. The second-order valence-corrected chi connectivity index (χ2v) is 5.20. The molecular formula is C19H14N2O3. The van der Waals surface area contributed by atoms with Crippen LogP contribution in [0.25, 0.3) is 22.5 Å². The monoisotopic (exact) mass is 318 g/mol. The molecule has 5 nitrogen and oxygen atoms in total. The quantitative estimate of drug-likeness (QED) is 0.539. The molecule has 0 amide bonds. The van der Waals surface area contributed by atoms with Gasteiger partial charge in [0.25, 0.3) is 5.89 Å². The van der Waals surface area contributed by atoms with Crippen molar-refractivity contribution in [1.29, 1.82) is 0 Å². The first-order valence-corrected chi connectivity index (χ1v) is 7.52. The summed E-state index contributed by atoms with van der Waals surface area (Å²) in [4.78, 5) is 4.27. The van der Waals surface area contributed by atoms with Crippen LogP contribution in [0.15, 0.2) is 82.1 Å². The Morgan fingerprint density at radius 3 is 2.38 bits per heavy atom. The fraction of sp³-hybridized carbons (Fsp3) is 0.0526. The standard InChI is InChI=1S/C19H14N2O3/c1-2-4-14(5-3-1)15-6-8-17(9-7-15)23-13-18-20-19(21-24-18)16-10-11-22-12-16/h1-12H,13H2. The summed E-state index contributed by atoms with van der Waals surface area (Å²) in [5, 5.41) is 3.90. The predicted molar refractivity (Wildman–Crippen MR) is 88.2 cm³/mol. The van der Waals surface area contributed by atoms with Gasteiger partial charge in [0.1, 0.15) is 12.0 Å². The highest BCUT2D eigenvalue weighted by Gasteiger charge is 2.10. The summed E-state index contributed by atoms with van der Waals surface area (Å²) < 4.78 is 15.9. The van der Waals surface area contributed by atoms with Gasteiger partial charge in [-0.3, -0.25) is 0 Å². The maximum atomic E-state index is 5.69. The molecule has 0 aliphatic heterocycles. The molecule has 0 spiro atoms. The van der Waals surface area contributed by atoms with Crippen molar-refractivity contribution in [2.24, 2.45) is 0 Å². The highest BCUT2D eigenvalue weighted by atomic mass is 16.5. The molecule has 4 rings (SSSR count). The van der Waals surface area contributed by atoms with E-state index in [1.165, 1.54) is 5.56 Å². The van der Waals surface area contributed by atoms with Gasteiger partial charge in [-0.15, -0.1) is 0 Å². The zero-order valence-corrected chi connectivity index (χ0v) is 12.8. The molecular weight excluding hydrogens is 304 g/mol. The van der Waals surface area contributed by atoms with Crippen LogP contribution in [0.4, 0.5) is 0 Å². The highest BCUT2D eigenvalue weighted by molar-refractivity contribution is 5.63. The molecule has 0 bridgehead atoms. The van der Waals surface area contributed by atoms with Crippen LogP contribution < -0.4 is 4.74 Å². The van der Waals surface area contributed by atoms with E-state index in [4.69, 9.17) is 13.7 Å². The molecule has 0 N–H and O–H groups in total. The predicted octanol–water partition coefficient (Wildman–Crippen LogP) is 4.58. The number of ether oxygens (including phenoxy) is 1. The minimum Gasteiger partial charge on any atom is -0.484 e. The third kappa shape index (κ3) is 3.05. The van der Waals surface area contributed by atoms with Crippen LogP contribution in [-0.4, -0.2) is 10.1 Å². The molecule has 0 aliphatic rings. The molecule has 2 aromatic carbocycles. The van der Waals surface area contributed by atoms with Crippen molar-refractivity contribution < 1.29 is 13.7 Å². The van der Waals surface area contributed by atoms with Crippen molar-refractivity contribution in [1.82, 2.24) is 10.1 Å². The van der Waals surface area contributed by atoms with E-state index in [1.54, 1.807) is 18.6 Å². The lowest BCUT2D eigenvalue weighted by Gasteiger charge is -2.05. The summed E-state index contributed by atoms with van der Waals surface area (Å²) in [7, 11) is 0. The SMILES string of the molecule is c1ccc(-c2ccc(OCc3nc(-c4ccoc4)no3)cc2)cc1. The van der Waals surface area contributed by atoms with Crippen LogP contribution in [0.3, 0.4) is 0 Å². The van der Waals surface area contributed by atoms with Crippen LogP contribution in [0.1, 0.15) is 5.89 Å². The number of aromatic nitrogens is 2. The van der Waals surface area contributed by atoms with Gasteiger partial charge in [0.15, 0.2) is 6.61 Å². The van der Waals surface area contributed by atoms with Crippen LogP contribution in [-0.2, 0) is 6.61 Å². The number of rotatable bonds is 5. The largest absolute Gasteiger partial charge is 0.484 e. The molecule has 0 aliphatic carbocycles. The third-order valence-corrected chi connectivity index (χ3v) is 3.57. The molecule has 2 heterocycles. The van der Waals surface area contributed by atoms with Crippen molar-refractivity contribution in [3.63, 3.8) is 0 Å². The van der Waals surface area contributed by atoms with Crippen molar-refractivity contribution in [3.8, 4) is 28.3 Å². The summed E-state index contributed by atoms with van der Waals surface area (Å²) in [6.07, 6.45) is 3.13. The number of nitrogens with zero attached hydrogens (tertiary/aromatic N) is 2.